The Morgan fingerprint density at radius 1 is 1.41 bits per heavy atom. The van der Waals surface area contributed by atoms with Gasteiger partial charge < -0.3 is 5.73 Å². The first kappa shape index (κ1) is 14.0. The predicted molar refractivity (Wildman–Crippen MR) is 75.0 cm³/mol. The fourth-order valence-electron chi connectivity index (χ4n) is 1.77. The van der Waals surface area contributed by atoms with Crippen LogP contribution in [0.25, 0.3) is 0 Å². The van der Waals surface area contributed by atoms with Crippen molar-refractivity contribution in [2.45, 2.75) is 44.9 Å². The molecule has 0 aliphatic carbocycles. The summed E-state index contributed by atoms with van der Waals surface area (Å²) in [4.78, 5) is 5.46. The third kappa shape index (κ3) is 4.04. The molecule has 3 nitrogen and oxygen atoms in total. The second kappa shape index (κ2) is 6.64. The van der Waals surface area contributed by atoms with Crippen LogP contribution in [0, 0.1) is 19.3 Å². The molecule has 0 aliphatic heterocycles. The van der Waals surface area contributed by atoms with Gasteiger partial charge in [-0.05, 0) is 32.1 Å². The van der Waals surface area contributed by atoms with Gasteiger partial charge in [-0.25, -0.2) is 0 Å². The molecule has 1 aromatic heterocycles. The van der Waals surface area contributed by atoms with Gasteiger partial charge in [0.25, 0.3) is 0 Å². The topological polar surface area (TPSA) is 62.8 Å². The number of nitrogens with zero attached hydrogens (tertiary/aromatic N) is 1. The van der Waals surface area contributed by atoms with Crippen LogP contribution in [0.15, 0.2) is 11.0 Å². The number of hydrogen-bond donors (Lipinski definition) is 2. The molecule has 0 aromatic carbocycles. The highest BCUT2D eigenvalue weighted by Gasteiger charge is 2.11. The maximum Gasteiger partial charge on any atom is 0.125 e. The number of rotatable bonds is 6. The Bertz CT molecular complexity index is 402. The van der Waals surface area contributed by atoms with Crippen molar-refractivity contribution in [2.24, 2.45) is 5.73 Å². The van der Waals surface area contributed by atoms with Crippen LogP contribution in [0.2, 0.25) is 0 Å². The molecule has 0 saturated heterocycles. The maximum atomic E-state index is 7.63. The van der Waals surface area contributed by atoms with Crippen LogP contribution in [0.3, 0.4) is 0 Å². The number of nitrogen functional groups attached to an aromatic ring is 1. The van der Waals surface area contributed by atoms with Gasteiger partial charge in [0.05, 0.1) is 5.56 Å². The van der Waals surface area contributed by atoms with Crippen molar-refractivity contribution in [3.05, 3.63) is 23.0 Å². The van der Waals surface area contributed by atoms with Crippen molar-refractivity contribution in [3.63, 3.8) is 0 Å². The average Bonchev–Trinajstić information content (AvgIpc) is 2.22. The summed E-state index contributed by atoms with van der Waals surface area (Å²) in [5.74, 6) is 1.20. The van der Waals surface area contributed by atoms with E-state index in [4.69, 9.17) is 11.1 Å². The maximum absolute atomic E-state index is 7.63. The quantitative estimate of drug-likeness (QED) is 0.353. The first-order chi connectivity index (χ1) is 8.06. The summed E-state index contributed by atoms with van der Waals surface area (Å²) in [6, 6.07) is 2.03. The summed E-state index contributed by atoms with van der Waals surface area (Å²) in [5.41, 5.74) is 8.28. The van der Waals surface area contributed by atoms with E-state index >= 15 is 0 Å². The molecular formula is C13H21N3S. The van der Waals surface area contributed by atoms with E-state index in [-0.39, 0.29) is 5.84 Å². The Balaban J connectivity index is 2.85. The lowest BCUT2D eigenvalue weighted by Gasteiger charge is -2.11. The largest absolute Gasteiger partial charge is 0.384 e. The van der Waals surface area contributed by atoms with Crippen molar-refractivity contribution >= 4 is 17.6 Å². The zero-order valence-corrected chi connectivity index (χ0v) is 11.7. The summed E-state index contributed by atoms with van der Waals surface area (Å²) < 4.78 is 0. The summed E-state index contributed by atoms with van der Waals surface area (Å²) >= 11 is 1.78. The average molecular weight is 251 g/mol. The zero-order chi connectivity index (χ0) is 12.8. The lowest BCUT2D eigenvalue weighted by Crippen LogP contribution is -2.15. The lowest BCUT2D eigenvalue weighted by atomic mass is 10.1. The van der Waals surface area contributed by atoms with E-state index in [2.05, 4.69) is 11.9 Å². The highest BCUT2D eigenvalue weighted by molar-refractivity contribution is 7.99. The van der Waals surface area contributed by atoms with Crippen LogP contribution in [0.4, 0.5) is 0 Å². The number of aromatic nitrogens is 1. The van der Waals surface area contributed by atoms with E-state index in [1.807, 2.05) is 19.9 Å². The Morgan fingerprint density at radius 3 is 2.71 bits per heavy atom. The molecule has 4 heteroatoms. The summed E-state index contributed by atoms with van der Waals surface area (Å²) in [6.45, 7) is 6.10. The van der Waals surface area contributed by atoms with Crippen LogP contribution in [0.5, 0.6) is 0 Å². The Kier molecular flexibility index (Phi) is 5.48. The van der Waals surface area contributed by atoms with Gasteiger partial charge in [0.1, 0.15) is 5.84 Å². The zero-order valence-electron chi connectivity index (χ0n) is 10.8. The molecule has 0 fully saturated rings. The summed E-state index contributed by atoms with van der Waals surface area (Å²) in [5, 5.41) is 7.63. The Morgan fingerprint density at radius 2 is 2.12 bits per heavy atom. The van der Waals surface area contributed by atoms with Crippen LogP contribution in [0.1, 0.15) is 43.1 Å². The van der Waals surface area contributed by atoms with E-state index in [1.54, 1.807) is 11.8 Å². The number of thioether (sulfide) groups is 1. The highest BCUT2D eigenvalue weighted by Crippen LogP contribution is 2.26. The molecule has 17 heavy (non-hydrogen) atoms. The highest BCUT2D eigenvalue weighted by atomic mass is 32.2. The standard InChI is InChI=1S/C13H21N3S/c1-4-5-6-7-17-11-8-9(2)16-10(3)12(11)13(14)15/h8H,4-7H2,1-3H3,(H3,14,15). The SMILES string of the molecule is CCCCCSc1cc(C)nc(C)c1C(=N)N. The molecule has 94 valence electrons. The molecule has 3 N–H and O–H groups in total. The van der Waals surface area contributed by atoms with Crippen molar-refractivity contribution in [1.82, 2.24) is 4.98 Å². The first-order valence-corrected chi connectivity index (χ1v) is 7.00. The van der Waals surface area contributed by atoms with Gasteiger partial charge in [-0.1, -0.05) is 19.8 Å². The van der Waals surface area contributed by atoms with E-state index in [9.17, 15) is 0 Å². The molecule has 0 bridgehead atoms. The fourth-order valence-corrected chi connectivity index (χ4v) is 2.99. The first-order valence-electron chi connectivity index (χ1n) is 6.01. The second-order valence-electron chi connectivity index (χ2n) is 4.19. The minimum absolute atomic E-state index is 0.119. The van der Waals surface area contributed by atoms with E-state index in [1.165, 1.54) is 19.3 Å². The van der Waals surface area contributed by atoms with Crippen molar-refractivity contribution in [1.29, 1.82) is 5.41 Å². The number of hydrogen-bond acceptors (Lipinski definition) is 3. The molecule has 0 unspecified atom stereocenters. The summed E-state index contributed by atoms with van der Waals surface area (Å²) in [7, 11) is 0. The van der Waals surface area contributed by atoms with Gasteiger partial charge >= 0.3 is 0 Å². The second-order valence-corrected chi connectivity index (χ2v) is 5.33. The van der Waals surface area contributed by atoms with Crippen molar-refractivity contribution in [3.8, 4) is 0 Å². The number of nitrogens with one attached hydrogen (secondary N) is 1. The van der Waals surface area contributed by atoms with Crippen LogP contribution in [-0.2, 0) is 0 Å². The van der Waals surface area contributed by atoms with Crippen LogP contribution in [-0.4, -0.2) is 16.6 Å². The van der Waals surface area contributed by atoms with Gasteiger partial charge in [0, 0.05) is 16.3 Å². The summed E-state index contributed by atoms with van der Waals surface area (Å²) in [6.07, 6.45) is 3.69. The predicted octanol–water partition coefficient (Wildman–Crippen LogP) is 3.26. The molecule has 0 spiro atoms. The van der Waals surface area contributed by atoms with E-state index < -0.39 is 0 Å². The van der Waals surface area contributed by atoms with Crippen molar-refractivity contribution < 1.29 is 0 Å². The fraction of sp³-hybridized carbons (Fsp3) is 0.538. The van der Waals surface area contributed by atoms with Crippen molar-refractivity contribution in [2.75, 3.05) is 5.75 Å². The Hall–Kier alpha value is -1.03. The molecule has 1 aromatic rings. The molecule has 0 amide bonds. The molecule has 0 radical (unpaired) electrons. The number of aryl methyl sites for hydroxylation is 2. The van der Waals surface area contributed by atoms with E-state index in [0.29, 0.717) is 0 Å². The van der Waals surface area contributed by atoms with E-state index in [0.717, 1.165) is 27.6 Å². The molecule has 0 aliphatic rings. The monoisotopic (exact) mass is 251 g/mol. The third-order valence-electron chi connectivity index (χ3n) is 2.57. The van der Waals surface area contributed by atoms with Gasteiger partial charge in [-0.3, -0.25) is 10.4 Å². The molecule has 0 atom stereocenters. The minimum atomic E-state index is 0.119. The minimum Gasteiger partial charge on any atom is -0.384 e. The number of amidine groups is 1. The van der Waals surface area contributed by atoms with Gasteiger partial charge in [0.2, 0.25) is 0 Å². The molecular weight excluding hydrogens is 230 g/mol. The molecule has 0 saturated carbocycles. The number of unbranched alkanes of at least 4 members (excludes halogenated alkanes) is 2. The van der Waals surface area contributed by atoms with Gasteiger partial charge in [0.15, 0.2) is 0 Å². The molecule has 1 heterocycles. The van der Waals surface area contributed by atoms with Crippen LogP contribution < -0.4 is 5.73 Å². The third-order valence-corrected chi connectivity index (χ3v) is 3.69. The van der Waals surface area contributed by atoms with Crippen LogP contribution >= 0.6 is 11.8 Å². The van der Waals surface area contributed by atoms with Gasteiger partial charge in [-0.15, -0.1) is 11.8 Å². The smallest absolute Gasteiger partial charge is 0.125 e. The molecule has 1 rings (SSSR count). The lowest BCUT2D eigenvalue weighted by molar-refractivity contribution is 0.778. The van der Waals surface area contributed by atoms with Gasteiger partial charge in [-0.2, -0.15) is 0 Å². The number of nitrogens with two attached hydrogens (primary N) is 1. The number of pyridine rings is 1. The normalized spacial score (nSPS) is 10.5. The Labute approximate surface area is 108 Å².